The topological polar surface area (TPSA) is 94.8 Å². The summed E-state index contributed by atoms with van der Waals surface area (Å²) in [4.78, 5) is 34.0. The molecule has 0 amide bonds. The number of benzene rings is 2. The molecule has 0 aliphatic carbocycles. The highest BCUT2D eigenvalue weighted by molar-refractivity contribution is 6.42. The summed E-state index contributed by atoms with van der Waals surface area (Å²) in [6.45, 7) is 1.41. The van der Waals surface area contributed by atoms with Crippen LogP contribution in [0.3, 0.4) is 0 Å². The first-order valence-electron chi connectivity index (χ1n) is 8.54. The number of halogens is 2. The Kier molecular flexibility index (Phi) is 6.69. The molecule has 10 heteroatoms. The van der Waals surface area contributed by atoms with Crippen molar-refractivity contribution in [3.63, 3.8) is 0 Å². The molecule has 0 unspecified atom stereocenters. The smallest absolute Gasteiger partial charge is 0.346 e. The highest BCUT2D eigenvalue weighted by atomic mass is 35.5. The van der Waals surface area contributed by atoms with Crippen LogP contribution in [0.25, 0.3) is 10.9 Å². The normalized spacial score (nSPS) is 11.0. The maximum absolute atomic E-state index is 12.8. The first-order chi connectivity index (χ1) is 14.0. The van der Waals surface area contributed by atoms with Crippen molar-refractivity contribution in [3.8, 4) is 0 Å². The summed E-state index contributed by atoms with van der Waals surface area (Å²) in [5.74, 6) is -0.618. The third-order valence-corrected chi connectivity index (χ3v) is 4.42. The number of rotatable bonds is 7. The minimum Gasteiger partial charge on any atom is -0.463 e. The second-order valence-corrected chi connectivity index (χ2v) is 6.49. The second kappa shape index (κ2) is 9.40. The number of nitrogens with one attached hydrogen (secondary N) is 1. The van der Waals surface area contributed by atoms with Gasteiger partial charge in [-0.2, -0.15) is 5.10 Å². The van der Waals surface area contributed by atoms with Crippen LogP contribution in [0.5, 0.6) is 0 Å². The van der Waals surface area contributed by atoms with Crippen LogP contribution in [0.4, 0.5) is 5.95 Å². The maximum atomic E-state index is 12.8. The lowest BCUT2D eigenvalue weighted by molar-refractivity contribution is -0.148. The van der Waals surface area contributed by atoms with Gasteiger partial charge >= 0.3 is 5.97 Å². The van der Waals surface area contributed by atoms with Gasteiger partial charge in [0.15, 0.2) is 0 Å². The van der Waals surface area contributed by atoms with Gasteiger partial charge in [0.05, 0.1) is 33.8 Å². The number of anilines is 1. The summed E-state index contributed by atoms with van der Waals surface area (Å²) in [6.07, 6.45) is 1.47. The van der Waals surface area contributed by atoms with Crippen LogP contribution in [-0.2, 0) is 9.53 Å². The molecule has 150 valence electrons. The van der Waals surface area contributed by atoms with E-state index in [1.54, 1.807) is 49.4 Å². The molecule has 1 heterocycles. The lowest BCUT2D eigenvalue weighted by Crippen LogP contribution is -2.33. The average Bonchev–Trinajstić information content (AvgIpc) is 2.70. The van der Waals surface area contributed by atoms with Crippen molar-refractivity contribution >= 4 is 52.2 Å². The number of nitrogens with zero attached hydrogens (tertiary/aromatic N) is 3. The van der Waals surface area contributed by atoms with E-state index in [4.69, 9.17) is 32.8 Å². The SMILES string of the molecule is CCOC(=O)COn1c(N/N=C\c2ccc(Cl)c(Cl)c2)nc2ccccc2c1=O. The summed E-state index contributed by atoms with van der Waals surface area (Å²) in [7, 11) is 0. The van der Waals surface area contributed by atoms with E-state index in [0.29, 0.717) is 26.5 Å². The Balaban J connectivity index is 1.90. The van der Waals surface area contributed by atoms with Gasteiger partial charge in [0.1, 0.15) is 0 Å². The number of hydrogen-bond donors (Lipinski definition) is 1. The number of ether oxygens (including phenoxy) is 1. The van der Waals surface area contributed by atoms with Crippen molar-refractivity contribution in [3.05, 3.63) is 68.4 Å². The van der Waals surface area contributed by atoms with Gasteiger partial charge in [-0.3, -0.25) is 4.79 Å². The molecule has 8 nitrogen and oxygen atoms in total. The van der Waals surface area contributed by atoms with Crippen molar-refractivity contribution in [2.75, 3.05) is 18.6 Å². The molecule has 3 aromatic rings. The fourth-order valence-corrected chi connectivity index (χ4v) is 2.69. The third-order valence-electron chi connectivity index (χ3n) is 3.68. The summed E-state index contributed by atoms with van der Waals surface area (Å²) < 4.78 is 5.68. The summed E-state index contributed by atoms with van der Waals surface area (Å²) in [5, 5.41) is 5.20. The Morgan fingerprint density at radius 3 is 2.79 bits per heavy atom. The van der Waals surface area contributed by atoms with Crippen LogP contribution in [0.15, 0.2) is 52.4 Å². The average molecular weight is 435 g/mol. The number of hydrogen-bond acceptors (Lipinski definition) is 7. The van der Waals surface area contributed by atoms with Gasteiger partial charge in [0, 0.05) is 0 Å². The van der Waals surface area contributed by atoms with Crippen LogP contribution in [0.1, 0.15) is 12.5 Å². The van der Waals surface area contributed by atoms with E-state index in [2.05, 4.69) is 15.5 Å². The molecule has 0 saturated heterocycles. The van der Waals surface area contributed by atoms with E-state index in [1.807, 2.05) is 0 Å². The van der Waals surface area contributed by atoms with E-state index < -0.39 is 18.1 Å². The van der Waals surface area contributed by atoms with Crippen molar-refractivity contribution in [1.82, 2.24) is 9.71 Å². The number of para-hydroxylation sites is 1. The van der Waals surface area contributed by atoms with Gasteiger partial charge < -0.3 is 9.57 Å². The van der Waals surface area contributed by atoms with E-state index in [-0.39, 0.29) is 12.6 Å². The van der Waals surface area contributed by atoms with Crippen molar-refractivity contribution in [2.45, 2.75) is 6.92 Å². The second-order valence-electron chi connectivity index (χ2n) is 5.67. The fourth-order valence-electron chi connectivity index (χ4n) is 2.38. The summed E-state index contributed by atoms with van der Waals surface area (Å²) in [6, 6.07) is 11.7. The lowest BCUT2D eigenvalue weighted by Gasteiger charge is -2.12. The van der Waals surface area contributed by atoms with Gasteiger partial charge in [-0.25, -0.2) is 15.2 Å². The molecule has 0 fully saturated rings. The van der Waals surface area contributed by atoms with Gasteiger partial charge in [0.2, 0.25) is 6.61 Å². The molecule has 0 saturated carbocycles. The molecule has 0 spiro atoms. The Hall–Kier alpha value is -3.10. The molecule has 0 aliphatic heterocycles. The minimum atomic E-state index is -0.613. The molecule has 0 radical (unpaired) electrons. The quantitative estimate of drug-likeness (QED) is 0.348. The Labute approximate surface area is 175 Å². The zero-order chi connectivity index (χ0) is 20.8. The zero-order valence-corrected chi connectivity index (χ0v) is 16.8. The maximum Gasteiger partial charge on any atom is 0.346 e. The number of carbonyl (C=O) groups excluding carboxylic acids is 1. The summed E-state index contributed by atoms with van der Waals surface area (Å²) in [5.41, 5.74) is 3.28. The van der Waals surface area contributed by atoms with E-state index >= 15 is 0 Å². The predicted octanol–water partition coefficient (Wildman–Crippen LogP) is 3.14. The van der Waals surface area contributed by atoms with Crippen LogP contribution in [-0.4, -0.2) is 35.1 Å². The fraction of sp³-hybridized carbons (Fsp3) is 0.158. The molecule has 0 bridgehead atoms. The largest absolute Gasteiger partial charge is 0.463 e. The van der Waals surface area contributed by atoms with Crippen LogP contribution >= 0.6 is 23.2 Å². The number of hydrazone groups is 1. The number of esters is 1. The first kappa shape index (κ1) is 20.6. The summed E-state index contributed by atoms with van der Waals surface area (Å²) >= 11 is 11.9. The minimum absolute atomic E-state index is 0.00527. The highest BCUT2D eigenvalue weighted by Crippen LogP contribution is 2.21. The van der Waals surface area contributed by atoms with Crippen LogP contribution in [0, 0.1) is 0 Å². The molecule has 29 heavy (non-hydrogen) atoms. The molecule has 3 rings (SSSR count). The van der Waals surface area contributed by atoms with Gasteiger partial charge in [-0.1, -0.05) is 41.4 Å². The third kappa shape index (κ3) is 5.04. The number of carbonyl (C=O) groups is 1. The zero-order valence-electron chi connectivity index (χ0n) is 15.3. The molecule has 1 aromatic heterocycles. The standard InChI is InChI=1S/C19H16Cl2N4O4/c1-2-28-17(26)11-29-25-18(27)13-5-3-4-6-16(13)23-19(25)24-22-10-12-7-8-14(20)15(21)9-12/h3-10H,2,11H2,1H3,(H,23,24)/b22-10-. The van der Waals surface area contributed by atoms with Crippen molar-refractivity contribution < 1.29 is 14.4 Å². The highest BCUT2D eigenvalue weighted by Gasteiger charge is 2.13. The van der Waals surface area contributed by atoms with Crippen LogP contribution in [0.2, 0.25) is 10.0 Å². The van der Waals surface area contributed by atoms with Gasteiger partial charge in [0.25, 0.3) is 11.5 Å². The number of fused-ring (bicyclic) bond motifs is 1. The van der Waals surface area contributed by atoms with E-state index in [9.17, 15) is 9.59 Å². The van der Waals surface area contributed by atoms with Crippen molar-refractivity contribution in [1.29, 1.82) is 0 Å². The monoisotopic (exact) mass is 434 g/mol. The Bertz CT molecular complexity index is 1130. The van der Waals surface area contributed by atoms with Gasteiger partial charge in [-0.15, -0.1) is 4.73 Å². The molecule has 2 aromatic carbocycles. The van der Waals surface area contributed by atoms with Gasteiger partial charge in [-0.05, 0) is 36.8 Å². The van der Waals surface area contributed by atoms with E-state index in [0.717, 1.165) is 4.73 Å². The van der Waals surface area contributed by atoms with E-state index in [1.165, 1.54) is 6.21 Å². The molecular formula is C19H16Cl2N4O4. The first-order valence-corrected chi connectivity index (χ1v) is 9.30. The number of aromatic nitrogens is 2. The molecular weight excluding hydrogens is 419 g/mol. The molecule has 1 N–H and O–H groups in total. The van der Waals surface area contributed by atoms with Crippen molar-refractivity contribution in [2.24, 2.45) is 5.10 Å². The lowest BCUT2D eigenvalue weighted by atomic mass is 10.2. The Morgan fingerprint density at radius 2 is 2.03 bits per heavy atom. The molecule has 0 atom stereocenters. The molecule has 0 aliphatic rings. The Morgan fingerprint density at radius 1 is 1.24 bits per heavy atom. The predicted molar refractivity (Wildman–Crippen MR) is 112 cm³/mol. The van der Waals surface area contributed by atoms with Crippen LogP contribution < -0.4 is 15.8 Å².